The van der Waals surface area contributed by atoms with Crippen molar-refractivity contribution in [2.24, 2.45) is 0 Å². The van der Waals surface area contributed by atoms with Crippen LogP contribution in [0.25, 0.3) is 0 Å². The Morgan fingerprint density at radius 1 is 1.44 bits per heavy atom. The Hall–Kier alpha value is -0.590. The van der Waals surface area contributed by atoms with E-state index in [1.54, 1.807) is 13.0 Å². The van der Waals surface area contributed by atoms with Crippen molar-refractivity contribution in [2.75, 3.05) is 6.61 Å². The molecule has 1 rings (SSSR count). The molecule has 0 saturated carbocycles. The Kier molecular flexibility index (Phi) is 6.11. The van der Waals surface area contributed by atoms with Crippen molar-refractivity contribution in [3.05, 3.63) is 33.8 Å². The Balaban J connectivity index is 3.23. The third-order valence-electron chi connectivity index (χ3n) is 2.27. The number of hydrogen-bond acceptors (Lipinski definition) is 4. The van der Waals surface area contributed by atoms with Crippen LogP contribution in [0.5, 0.6) is 0 Å². The highest BCUT2D eigenvalue weighted by Crippen LogP contribution is 2.28. The van der Waals surface area contributed by atoms with Crippen LogP contribution < -0.4 is 0 Å². The lowest BCUT2D eigenvalue weighted by atomic mass is 10.1. The summed E-state index contributed by atoms with van der Waals surface area (Å²) in [5.41, 5.74) is 1.43. The van der Waals surface area contributed by atoms with Crippen LogP contribution in [0.15, 0.2) is 12.1 Å². The smallest absolute Gasteiger partial charge is 0.339 e. The van der Waals surface area contributed by atoms with Gasteiger partial charge >= 0.3 is 5.97 Å². The highest BCUT2D eigenvalue weighted by Gasteiger charge is 2.17. The number of ether oxygens (including phenoxy) is 1. The minimum Gasteiger partial charge on any atom is -0.462 e. The van der Waals surface area contributed by atoms with E-state index < -0.39 is 16.7 Å². The van der Waals surface area contributed by atoms with Gasteiger partial charge in [0.05, 0.1) is 22.9 Å². The van der Waals surface area contributed by atoms with Crippen molar-refractivity contribution in [1.82, 2.24) is 0 Å². The van der Waals surface area contributed by atoms with Gasteiger partial charge in [-0.05, 0) is 24.1 Å². The zero-order valence-corrected chi connectivity index (χ0v) is 12.8. The minimum absolute atomic E-state index is 0.0981. The molecule has 1 aromatic carbocycles. The Labute approximate surface area is 120 Å². The fraction of sp³-hybridized carbons (Fsp3) is 0.364. The van der Waals surface area contributed by atoms with Crippen molar-refractivity contribution in [3.63, 3.8) is 0 Å². The van der Waals surface area contributed by atoms with Gasteiger partial charge in [-0.3, -0.25) is 0 Å². The Morgan fingerprint density at radius 2 is 2.11 bits per heavy atom. The maximum Gasteiger partial charge on any atom is 0.339 e. The summed E-state index contributed by atoms with van der Waals surface area (Å²) in [5, 5.41) is 0.608. The van der Waals surface area contributed by atoms with E-state index in [4.69, 9.17) is 16.3 Å². The molecule has 0 saturated heterocycles. The predicted molar refractivity (Wildman–Crippen MR) is 74.1 cm³/mol. The lowest BCUT2D eigenvalue weighted by Gasteiger charge is -2.11. The van der Waals surface area contributed by atoms with Gasteiger partial charge in [0.25, 0.3) is 0 Å². The van der Waals surface area contributed by atoms with E-state index in [9.17, 15) is 13.2 Å². The van der Waals surface area contributed by atoms with E-state index in [0.29, 0.717) is 16.5 Å². The average Bonchev–Trinajstić information content (AvgIpc) is 2.29. The average molecular weight is 356 g/mol. The van der Waals surface area contributed by atoms with Crippen LogP contribution in [0.3, 0.4) is 0 Å². The lowest BCUT2D eigenvalue weighted by Crippen LogP contribution is -2.08. The summed E-state index contributed by atoms with van der Waals surface area (Å²) >= 11 is 9.34. The van der Waals surface area contributed by atoms with E-state index >= 15 is 0 Å². The number of esters is 1. The first-order valence-electron chi connectivity index (χ1n) is 5.16. The molecule has 1 aromatic rings. The van der Waals surface area contributed by atoms with Crippen LogP contribution in [-0.4, -0.2) is 21.0 Å². The fourth-order valence-electron chi connectivity index (χ4n) is 1.46. The SMILES string of the molecule is CCOC(=O)c1ccc(C[SH](=O)=O)c(CBr)c1Cl. The molecule has 0 N–H and O–H groups in total. The molecule has 0 spiro atoms. The molecular formula is C11H12BrClO4S. The molecule has 0 heterocycles. The number of hydrogen-bond donors (Lipinski definition) is 1. The van der Waals surface area contributed by atoms with Crippen LogP contribution in [0.4, 0.5) is 0 Å². The second-order valence-corrected chi connectivity index (χ2v) is 5.33. The number of carbonyl (C=O) groups is 1. The van der Waals surface area contributed by atoms with Gasteiger partial charge in [-0.2, -0.15) is 0 Å². The van der Waals surface area contributed by atoms with Gasteiger partial charge < -0.3 is 4.74 Å². The van der Waals surface area contributed by atoms with Gasteiger partial charge in [-0.1, -0.05) is 33.6 Å². The van der Waals surface area contributed by atoms with Crippen LogP contribution in [0, 0.1) is 0 Å². The van der Waals surface area contributed by atoms with E-state index in [2.05, 4.69) is 15.9 Å². The van der Waals surface area contributed by atoms with Crippen LogP contribution in [0.1, 0.15) is 28.4 Å². The van der Waals surface area contributed by atoms with E-state index in [1.807, 2.05) is 0 Å². The summed E-state index contributed by atoms with van der Waals surface area (Å²) in [6, 6.07) is 3.07. The fourth-order valence-corrected chi connectivity index (χ4v) is 3.16. The van der Waals surface area contributed by atoms with Gasteiger partial charge in [0.15, 0.2) is 0 Å². The monoisotopic (exact) mass is 354 g/mol. The molecule has 18 heavy (non-hydrogen) atoms. The third kappa shape index (κ3) is 3.70. The highest BCUT2D eigenvalue weighted by molar-refractivity contribution is 9.08. The van der Waals surface area contributed by atoms with Crippen LogP contribution in [0.2, 0.25) is 5.02 Å². The second kappa shape index (κ2) is 7.11. The zero-order valence-electron chi connectivity index (χ0n) is 9.61. The topological polar surface area (TPSA) is 60.4 Å². The van der Waals surface area contributed by atoms with Crippen molar-refractivity contribution >= 4 is 44.2 Å². The number of rotatable bonds is 5. The summed E-state index contributed by atoms with van der Waals surface area (Å²) < 4.78 is 26.4. The second-order valence-electron chi connectivity index (χ2n) is 3.41. The molecule has 0 aliphatic heterocycles. The summed E-state index contributed by atoms with van der Waals surface area (Å²) in [6.45, 7) is 1.96. The van der Waals surface area contributed by atoms with E-state index in [-0.39, 0.29) is 22.9 Å². The normalized spacial score (nSPS) is 10.7. The summed E-state index contributed by atoms with van der Waals surface area (Å²) in [4.78, 5) is 11.6. The van der Waals surface area contributed by atoms with E-state index in [0.717, 1.165) is 0 Å². The summed E-state index contributed by atoms with van der Waals surface area (Å²) in [6.07, 6.45) is 0. The minimum atomic E-state index is -2.54. The first-order valence-corrected chi connectivity index (χ1v) is 8.02. The maximum absolute atomic E-state index is 11.6. The lowest BCUT2D eigenvalue weighted by molar-refractivity contribution is 0.0526. The maximum atomic E-state index is 11.6. The first-order chi connectivity index (χ1) is 8.51. The molecule has 0 aliphatic carbocycles. The molecule has 0 fully saturated rings. The summed E-state index contributed by atoms with van der Waals surface area (Å²) in [5.74, 6) is -0.609. The molecule has 7 heteroatoms. The predicted octanol–water partition coefficient (Wildman–Crippen LogP) is 2.52. The number of benzene rings is 1. The molecule has 0 bridgehead atoms. The van der Waals surface area contributed by atoms with Crippen LogP contribution >= 0.6 is 27.5 Å². The van der Waals surface area contributed by atoms with Crippen molar-refractivity contribution in [1.29, 1.82) is 0 Å². The number of halogens is 2. The highest BCUT2D eigenvalue weighted by atomic mass is 79.9. The van der Waals surface area contributed by atoms with Crippen molar-refractivity contribution in [3.8, 4) is 0 Å². The Bertz CT molecular complexity index is 520. The standard InChI is InChI=1S/C11H12BrClO4S/c1-2-17-11(14)8-4-3-7(6-18(15)16)9(5-12)10(8)13/h3-4,18H,2,5-6H2,1H3. The first kappa shape index (κ1) is 15.5. The molecule has 0 atom stereocenters. The third-order valence-corrected chi connectivity index (χ3v) is 3.86. The zero-order chi connectivity index (χ0) is 13.7. The summed E-state index contributed by atoms with van der Waals surface area (Å²) in [7, 11) is -2.54. The van der Waals surface area contributed by atoms with Gasteiger partial charge in [-0.25, -0.2) is 13.2 Å². The quantitative estimate of drug-likeness (QED) is 0.501. The molecule has 0 aliphatic rings. The molecule has 0 unspecified atom stereocenters. The molecule has 0 amide bonds. The van der Waals surface area contributed by atoms with E-state index in [1.165, 1.54) is 6.07 Å². The number of thiol groups is 1. The molecule has 0 aromatic heterocycles. The molecule has 4 nitrogen and oxygen atoms in total. The molecular weight excluding hydrogens is 344 g/mol. The van der Waals surface area contributed by atoms with Crippen molar-refractivity contribution in [2.45, 2.75) is 18.0 Å². The number of carbonyl (C=O) groups excluding carboxylic acids is 1. The largest absolute Gasteiger partial charge is 0.462 e. The molecule has 0 radical (unpaired) electrons. The molecule has 100 valence electrons. The Morgan fingerprint density at radius 3 is 2.61 bits per heavy atom. The van der Waals surface area contributed by atoms with Gasteiger partial charge in [0.1, 0.15) is 10.7 Å². The van der Waals surface area contributed by atoms with Crippen molar-refractivity contribution < 1.29 is 17.9 Å². The van der Waals surface area contributed by atoms with Crippen LogP contribution in [-0.2, 0) is 26.5 Å². The van der Waals surface area contributed by atoms with Gasteiger partial charge in [0, 0.05) is 5.33 Å². The number of alkyl halides is 1. The van der Waals surface area contributed by atoms with Gasteiger partial charge in [0.2, 0.25) is 0 Å². The van der Waals surface area contributed by atoms with Gasteiger partial charge in [-0.15, -0.1) is 0 Å².